The van der Waals surface area contributed by atoms with Crippen molar-refractivity contribution in [3.8, 4) is 11.5 Å². The predicted octanol–water partition coefficient (Wildman–Crippen LogP) is 4.32. The third-order valence-electron chi connectivity index (χ3n) is 5.21. The lowest BCUT2D eigenvalue weighted by Gasteiger charge is -2.27. The molecule has 0 spiro atoms. The SMILES string of the molecule is CCCCOC(=O)Oc1ccc(CC(N)(CCOC(=O)C(C)C)C(=O)OC)cc1OC(=O)OCCCC. The summed E-state index contributed by atoms with van der Waals surface area (Å²) in [6, 6.07) is 4.34. The number of nitrogens with two attached hydrogens (primary N) is 1. The number of carbonyl (C=O) groups is 4. The van der Waals surface area contributed by atoms with Gasteiger partial charge >= 0.3 is 24.2 Å². The zero-order chi connectivity index (χ0) is 27.8. The van der Waals surface area contributed by atoms with E-state index in [-0.39, 0.29) is 50.1 Å². The van der Waals surface area contributed by atoms with Gasteiger partial charge in [-0.05, 0) is 30.5 Å². The van der Waals surface area contributed by atoms with Gasteiger partial charge in [0.2, 0.25) is 0 Å². The highest BCUT2D eigenvalue weighted by Crippen LogP contribution is 2.31. The second-order valence-corrected chi connectivity index (χ2v) is 8.79. The lowest BCUT2D eigenvalue weighted by molar-refractivity contribution is -0.152. The Balaban J connectivity index is 3.13. The second kappa shape index (κ2) is 16.4. The molecule has 2 N–H and O–H groups in total. The van der Waals surface area contributed by atoms with Crippen LogP contribution in [0.1, 0.15) is 65.4 Å². The molecule has 0 saturated carbocycles. The van der Waals surface area contributed by atoms with Gasteiger partial charge in [-0.25, -0.2) is 9.59 Å². The minimum atomic E-state index is -1.55. The van der Waals surface area contributed by atoms with Crippen LogP contribution in [0.15, 0.2) is 18.2 Å². The lowest BCUT2D eigenvalue weighted by atomic mass is 9.88. The number of esters is 2. The smallest absolute Gasteiger partial charge is 0.468 e. The van der Waals surface area contributed by atoms with Crippen molar-refractivity contribution in [3.63, 3.8) is 0 Å². The van der Waals surface area contributed by atoms with E-state index in [9.17, 15) is 19.2 Å². The van der Waals surface area contributed by atoms with Gasteiger partial charge in [-0.15, -0.1) is 0 Å². The van der Waals surface area contributed by atoms with Crippen LogP contribution in [-0.2, 0) is 35.0 Å². The van der Waals surface area contributed by atoms with E-state index in [1.165, 1.54) is 19.2 Å². The molecule has 208 valence electrons. The van der Waals surface area contributed by atoms with Crippen molar-refractivity contribution < 1.29 is 47.6 Å². The molecule has 0 aliphatic rings. The van der Waals surface area contributed by atoms with Crippen molar-refractivity contribution in [1.82, 2.24) is 0 Å². The summed E-state index contributed by atoms with van der Waals surface area (Å²) >= 11 is 0. The number of methoxy groups -OCH3 is 1. The van der Waals surface area contributed by atoms with Crippen LogP contribution in [0, 0.1) is 5.92 Å². The van der Waals surface area contributed by atoms with Crippen LogP contribution in [0.5, 0.6) is 11.5 Å². The predicted molar refractivity (Wildman–Crippen MR) is 133 cm³/mol. The minimum Gasteiger partial charge on any atom is -0.468 e. The quantitative estimate of drug-likeness (QED) is 0.151. The molecular formula is C26H39NO10. The van der Waals surface area contributed by atoms with Gasteiger partial charge < -0.3 is 34.2 Å². The first-order valence-electron chi connectivity index (χ1n) is 12.4. The monoisotopic (exact) mass is 525 g/mol. The van der Waals surface area contributed by atoms with Gasteiger partial charge in [-0.3, -0.25) is 9.59 Å². The summed E-state index contributed by atoms with van der Waals surface area (Å²) in [7, 11) is 1.20. The molecule has 0 aliphatic heterocycles. The van der Waals surface area contributed by atoms with Crippen LogP contribution in [0.3, 0.4) is 0 Å². The molecule has 0 amide bonds. The van der Waals surface area contributed by atoms with Gasteiger partial charge in [0.15, 0.2) is 11.5 Å². The van der Waals surface area contributed by atoms with Gasteiger partial charge in [0.05, 0.1) is 32.8 Å². The number of ether oxygens (including phenoxy) is 6. The Kier molecular flexibility index (Phi) is 14.1. The van der Waals surface area contributed by atoms with Crippen molar-refractivity contribution in [2.24, 2.45) is 11.7 Å². The summed E-state index contributed by atoms with van der Waals surface area (Å²) < 4.78 is 30.6. The first-order chi connectivity index (χ1) is 17.6. The molecule has 11 nitrogen and oxygen atoms in total. The Labute approximate surface area is 217 Å². The number of rotatable bonds is 15. The van der Waals surface area contributed by atoms with Crippen LogP contribution in [-0.4, -0.2) is 56.7 Å². The maximum absolute atomic E-state index is 12.5. The third-order valence-corrected chi connectivity index (χ3v) is 5.21. The van der Waals surface area contributed by atoms with E-state index >= 15 is 0 Å². The van der Waals surface area contributed by atoms with E-state index in [1.807, 2.05) is 13.8 Å². The Morgan fingerprint density at radius 2 is 1.43 bits per heavy atom. The average molecular weight is 526 g/mol. The number of benzene rings is 1. The van der Waals surface area contributed by atoms with E-state index in [2.05, 4.69) is 0 Å². The molecule has 0 aromatic heterocycles. The molecule has 37 heavy (non-hydrogen) atoms. The normalized spacial score (nSPS) is 12.3. The summed E-state index contributed by atoms with van der Waals surface area (Å²) in [6.07, 6.45) is 0.953. The van der Waals surface area contributed by atoms with Crippen molar-refractivity contribution in [3.05, 3.63) is 23.8 Å². The van der Waals surface area contributed by atoms with Crippen LogP contribution < -0.4 is 15.2 Å². The molecule has 0 radical (unpaired) electrons. The van der Waals surface area contributed by atoms with E-state index < -0.39 is 29.8 Å². The number of hydrogen-bond donors (Lipinski definition) is 1. The summed E-state index contributed by atoms with van der Waals surface area (Å²) in [6.45, 7) is 7.52. The topological polar surface area (TPSA) is 150 Å². The number of hydrogen-bond acceptors (Lipinski definition) is 11. The fraction of sp³-hybridized carbons (Fsp3) is 0.615. The largest absolute Gasteiger partial charge is 0.513 e. The molecule has 0 fully saturated rings. The molecule has 0 aliphatic carbocycles. The van der Waals surface area contributed by atoms with Crippen molar-refractivity contribution in [2.45, 2.75) is 71.8 Å². The van der Waals surface area contributed by atoms with Gasteiger partial charge in [-0.2, -0.15) is 0 Å². The first-order valence-corrected chi connectivity index (χ1v) is 12.4. The summed E-state index contributed by atoms with van der Waals surface area (Å²) in [4.78, 5) is 48.5. The van der Waals surface area contributed by atoms with Crippen molar-refractivity contribution in [2.75, 3.05) is 26.9 Å². The summed E-state index contributed by atoms with van der Waals surface area (Å²) in [5, 5.41) is 0. The summed E-state index contributed by atoms with van der Waals surface area (Å²) in [5.74, 6) is -1.66. The molecule has 1 aromatic carbocycles. The second-order valence-electron chi connectivity index (χ2n) is 8.79. The summed E-state index contributed by atoms with van der Waals surface area (Å²) in [5.41, 5.74) is 5.28. The molecule has 11 heteroatoms. The molecule has 0 bridgehead atoms. The minimum absolute atomic E-state index is 0.0185. The Morgan fingerprint density at radius 1 is 0.865 bits per heavy atom. The molecule has 0 saturated heterocycles. The zero-order valence-electron chi connectivity index (χ0n) is 22.3. The van der Waals surface area contributed by atoms with Crippen molar-refractivity contribution >= 4 is 24.2 Å². The van der Waals surface area contributed by atoms with E-state index in [1.54, 1.807) is 19.9 Å². The van der Waals surface area contributed by atoms with Gasteiger partial charge in [0.1, 0.15) is 5.54 Å². The lowest BCUT2D eigenvalue weighted by Crippen LogP contribution is -2.51. The Hall–Kier alpha value is -3.34. The Bertz CT molecular complexity index is 901. The zero-order valence-corrected chi connectivity index (χ0v) is 22.3. The molecule has 1 unspecified atom stereocenters. The number of carbonyl (C=O) groups excluding carboxylic acids is 4. The highest BCUT2D eigenvalue weighted by Gasteiger charge is 2.36. The van der Waals surface area contributed by atoms with Crippen LogP contribution in [0.25, 0.3) is 0 Å². The molecule has 0 heterocycles. The van der Waals surface area contributed by atoms with Crippen LogP contribution in [0.2, 0.25) is 0 Å². The number of unbranched alkanes of at least 4 members (excludes halogenated alkanes) is 2. The standard InChI is InChI=1S/C26H39NO10/c1-6-8-13-34-24(30)36-20-11-10-19(16-21(20)37-25(31)35-14-9-7-2)17-26(27,23(29)32-5)12-15-33-22(28)18(3)4/h10-11,16,18H,6-9,12-15,17,27H2,1-5H3. The molecule has 1 atom stereocenters. The highest BCUT2D eigenvalue weighted by molar-refractivity contribution is 5.81. The van der Waals surface area contributed by atoms with Gasteiger partial charge in [0, 0.05) is 12.8 Å². The van der Waals surface area contributed by atoms with Crippen molar-refractivity contribution in [1.29, 1.82) is 0 Å². The maximum atomic E-state index is 12.5. The maximum Gasteiger partial charge on any atom is 0.513 e. The first kappa shape index (κ1) is 31.7. The fourth-order valence-electron chi connectivity index (χ4n) is 3.00. The molecule has 1 rings (SSSR count). The highest BCUT2D eigenvalue weighted by atomic mass is 16.7. The van der Waals surface area contributed by atoms with Crippen LogP contribution in [0.4, 0.5) is 9.59 Å². The van der Waals surface area contributed by atoms with Crippen LogP contribution >= 0.6 is 0 Å². The average Bonchev–Trinajstić information content (AvgIpc) is 2.85. The van der Waals surface area contributed by atoms with E-state index in [0.29, 0.717) is 18.4 Å². The van der Waals surface area contributed by atoms with E-state index in [4.69, 9.17) is 34.2 Å². The fourth-order valence-corrected chi connectivity index (χ4v) is 3.00. The third kappa shape index (κ3) is 11.5. The van der Waals surface area contributed by atoms with Gasteiger partial charge in [-0.1, -0.05) is 46.6 Å². The van der Waals surface area contributed by atoms with Gasteiger partial charge in [0.25, 0.3) is 0 Å². The van der Waals surface area contributed by atoms with E-state index in [0.717, 1.165) is 12.8 Å². The Morgan fingerprint density at radius 3 is 1.95 bits per heavy atom. The molecular weight excluding hydrogens is 486 g/mol. The molecule has 1 aromatic rings.